The number of nitrogens with zero attached hydrogens (tertiary/aromatic N) is 1. The maximum atomic E-state index is 11.9. The third-order valence-corrected chi connectivity index (χ3v) is 3.75. The maximum Gasteiger partial charge on any atom is 0.337 e. The number of aromatic amines is 1. The van der Waals surface area contributed by atoms with Crippen molar-refractivity contribution >= 4 is 33.3 Å². The van der Waals surface area contributed by atoms with E-state index in [1.165, 1.54) is 18.5 Å². The van der Waals surface area contributed by atoms with Gasteiger partial charge in [0.15, 0.2) is 5.03 Å². The molecule has 19 heavy (non-hydrogen) atoms. The number of anilines is 1. The van der Waals surface area contributed by atoms with Gasteiger partial charge < -0.3 is 10.1 Å². The first-order valence-electron chi connectivity index (χ1n) is 4.94. The number of H-pyrrole nitrogens is 1. The second-order valence-electron chi connectivity index (χ2n) is 3.52. The van der Waals surface area contributed by atoms with E-state index in [9.17, 15) is 13.2 Å². The fraction of sp³-hybridized carbons (Fsp3) is 0. The lowest BCUT2D eigenvalue weighted by atomic mass is 10.2. The van der Waals surface area contributed by atoms with Crippen LogP contribution in [0.4, 0.5) is 5.69 Å². The van der Waals surface area contributed by atoms with E-state index in [-0.39, 0.29) is 21.3 Å². The third kappa shape index (κ3) is 2.85. The molecule has 0 aliphatic rings. The molecule has 1 aromatic carbocycles. The molecule has 1 aromatic heterocycles. The van der Waals surface area contributed by atoms with Crippen molar-refractivity contribution in [3.8, 4) is 0 Å². The number of carboxylic acid groups (broad SMARTS) is 1. The van der Waals surface area contributed by atoms with Gasteiger partial charge in [0.2, 0.25) is 0 Å². The van der Waals surface area contributed by atoms with E-state index < -0.39 is 16.0 Å². The number of carbonyl (C=O) groups is 1. The number of sulfonamides is 1. The molecule has 2 rings (SSSR count). The van der Waals surface area contributed by atoms with E-state index in [2.05, 4.69) is 14.7 Å². The van der Waals surface area contributed by atoms with Gasteiger partial charge in [-0.25, -0.2) is 9.78 Å². The van der Waals surface area contributed by atoms with Crippen molar-refractivity contribution in [2.24, 2.45) is 0 Å². The van der Waals surface area contributed by atoms with Gasteiger partial charge in [-0.3, -0.25) is 4.72 Å². The minimum atomic E-state index is -3.91. The van der Waals surface area contributed by atoms with Crippen LogP contribution in [-0.4, -0.2) is 29.5 Å². The summed E-state index contributed by atoms with van der Waals surface area (Å²) >= 11 is 5.67. The summed E-state index contributed by atoms with van der Waals surface area (Å²) in [5.74, 6) is -1.29. The molecule has 2 aromatic rings. The summed E-state index contributed by atoms with van der Waals surface area (Å²) in [4.78, 5) is 17.0. The first kappa shape index (κ1) is 13.4. The average molecular weight is 302 g/mol. The van der Waals surface area contributed by atoms with Crippen molar-refractivity contribution in [2.45, 2.75) is 5.03 Å². The normalized spacial score (nSPS) is 11.2. The summed E-state index contributed by atoms with van der Waals surface area (Å²) in [5.41, 5.74) is -0.318. The smallest absolute Gasteiger partial charge is 0.337 e. The van der Waals surface area contributed by atoms with Crippen LogP contribution in [0.5, 0.6) is 0 Å². The summed E-state index contributed by atoms with van der Waals surface area (Å²) in [7, 11) is -3.91. The van der Waals surface area contributed by atoms with Gasteiger partial charge in [0, 0.05) is 5.02 Å². The summed E-state index contributed by atoms with van der Waals surface area (Å²) in [6.07, 6.45) is 2.31. The Balaban J connectivity index is 2.42. The molecule has 0 fully saturated rings. The third-order valence-electron chi connectivity index (χ3n) is 2.22. The predicted octanol–water partition coefficient (Wildman–Crippen LogP) is 1.56. The van der Waals surface area contributed by atoms with Gasteiger partial charge in [0.05, 0.1) is 23.8 Å². The Hall–Kier alpha value is -2.06. The Bertz CT molecular complexity index is 712. The standard InChI is InChI=1S/C10H8ClN3O4S/c11-6-1-2-8(7(3-6)10(15)16)14-19(17,18)9-4-12-5-13-9/h1-5,14H,(H,12,13)(H,15,16). The number of aromatic nitrogens is 2. The highest BCUT2D eigenvalue weighted by Gasteiger charge is 2.19. The van der Waals surface area contributed by atoms with E-state index in [1.807, 2.05) is 0 Å². The Morgan fingerprint density at radius 1 is 1.42 bits per heavy atom. The van der Waals surface area contributed by atoms with Gasteiger partial charge in [-0.05, 0) is 18.2 Å². The number of imidazole rings is 1. The van der Waals surface area contributed by atoms with E-state index >= 15 is 0 Å². The van der Waals surface area contributed by atoms with Crippen molar-refractivity contribution in [1.29, 1.82) is 0 Å². The number of benzene rings is 1. The summed E-state index contributed by atoms with van der Waals surface area (Å²) < 4.78 is 26.0. The first-order valence-corrected chi connectivity index (χ1v) is 6.80. The molecule has 1 heterocycles. The van der Waals surface area contributed by atoms with Gasteiger partial charge in [-0.15, -0.1) is 0 Å². The van der Waals surface area contributed by atoms with E-state index in [1.54, 1.807) is 0 Å². The lowest BCUT2D eigenvalue weighted by Crippen LogP contribution is -2.15. The molecule has 3 N–H and O–H groups in total. The topological polar surface area (TPSA) is 112 Å². The SMILES string of the molecule is O=C(O)c1cc(Cl)ccc1NS(=O)(=O)c1cnc[nH]1. The van der Waals surface area contributed by atoms with Crippen molar-refractivity contribution in [3.05, 3.63) is 41.3 Å². The lowest BCUT2D eigenvalue weighted by molar-refractivity contribution is 0.0698. The van der Waals surface area contributed by atoms with Crippen LogP contribution in [0.3, 0.4) is 0 Å². The Kier molecular flexibility index (Phi) is 3.45. The fourth-order valence-corrected chi connectivity index (χ4v) is 2.53. The van der Waals surface area contributed by atoms with Crippen LogP contribution in [0.25, 0.3) is 0 Å². The van der Waals surface area contributed by atoms with Gasteiger partial charge in [-0.1, -0.05) is 11.6 Å². The number of nitrogens with one attached hydrogen (secondary N) is 2. The van der Waals surface area contributed by atoms with E-state index in [0.29, 0.717) is 0 Å². The molecule has 0 aliphatic heterocycles. The number of hydrogen-bond acceptors (Lipinski definition) is 4. The fourth-order valence-electron chi connectivity index (χ4n) is 1.37. The van der Waals surface area contributed by atoms with Crippen LogP contribution >= 0.6 is 11.6 Å². The number of rotatable bonds is 4. The number of carboxylic acids is 1. The molecule has 0 spiro atoms. The Labute approximate surface area is 113 Å². The molecule has 0 radical (unpaired) electrons. The molecule has 0 atom stereocenters. The molecule has 0 saturated heterocycles. The van der Waals surface area contributed by atoms with Crippen LogP contribution in [0.1, 0.15) is 10.4 Å². The predicted molar refractivity (Wildman–Crippen MR) is 67.8 cm³/mol. The molecule has 9 heteroatoms. The van der Waals surface area contributed by atoms with Crippen molar-refractivity contribution in [3.63, 3.8) is 0 Å². The van der Waals surface area contributed by atoms with Crippen molar-refractivity contribution in [1.82, 2.24) is 9.97 Å². The molecule has 0 aliphatic carbocycles. The molecule has 0 amide bonds. The van der Waals surface area contributed by atoms with Crippen LogP contribution in [0.15, 0.2) is 35.7 Å². The largest absolute Gasteiger partial charge is 0.478 e. The minimum Gasteiger partial charge on any atom is -0.478 e. The van der Waals surface area contributed by atoms with Crippen LogP contribution in [0, 0.1) is 0 Å². The molecule has 0 bridgehead atoms. The number of hydrogen-bond donors (Lipinski definition) is 3. The quantitative estimate of drug-likeness (QED) is 0.793. The monoisotopic (exact) mass is 301 g/mol. The number of aromatic carboxylic acids is 1. The van der Waals surface area contributed by atoms with E-state index in [4.69, 9.17) is 16.7 Å². The second-order valence-corrected chi connectivity index (χ2v) is 5.60. The molecule has 0 saturated carbocycles. The summed E-state index contributed by atoms with van der Waals surface area (Å²) in [6.45, 7) is 0. The average Bonchev–Trinajstić information content (AvgIpc) is 2.85. The second kappa shape index (κ2) is 4.90. The van der Waals surface area contributed by atoms with Gasteiger partial charge in [0.1, 0.15) is 0 Å². The highest BCUT2D eigenvalue weighted by molar-refractivity contribution is 7.92. The van der Waals surface area contributed by atoms with Gasteiger partial charge >= 0.3 is 5.97 Å². The molecule has 100 valence electrons. The Morgan fingerprint density at radius 3 is 2.74 bits per heavy atom. The summed E-state index contributed by atoms with van der Waals surface area (Å²) in [6, 6.07) is 3.83. The molecule has 0 unspecified atom stereocenters. The molecular weight excluding hydrogens is 294 g/mol. The minimum absolute atomic E-state index is 0.0773. The summed E-state index contributed by atoms with van der Waals surface area (Å²) in [5, 5.41) is 9.03. The maximum absolute atomic E-state index is 11.9. The molecule has 7 nitrogen and oxygen atoms in total. The van der Waals surface area contributed by atoms with Crippen molar-refractivity contribution in [2.75, 3.05) is 4.72 Å². The Morgan fingerprint density at radius 2 is 2.16 bits per heavy atom. The zero-order valence-corrected chi connectivity index (χ0v) is 10.9. The lowest BCUT2D eigenvalue weighted by Gasteiger charge is -2.09. The van der Waals surface area contributed by atoms with E-state index in [0.717, 1.165) is 12.3 Å². The van der Waals surface area contributed by atoms with Crippen LogP contribution < -0.4 is 4.72 Å². The first-order chi connectivity index (χ1) is 8.90. The zero-order valence-electron chi connectivity index (χ0n) is 9.29. The van der Waals surface area contributed by atoms with Gasteiger partial charge in [-0.2, -0.15) is 8.42 Å². The molecular formula is C10H8ClN3O4S. The zero-order chi connectivity index (χ0) is 14.0. The van der Waals surface area contributed by atoms with Crippen molar-refractivity contribution < 1.29 is 18.3 Å². The highest BCUT2D eigenvalue weighted by Crippen LogP contribution is 2.23. The number of halogens is 1. The van der Waals surface area contributed by atoms with Crippen LogP contribution in [-0.2, 0) is 10.0 Å². The highest BCUT2D eigenvalue weighted by atomic mass is 35.5. The van der Waals surface area contributed by atoms with Gasteiger partial charge in [0.25, 0.3) is 10.0 Å². The van der Waals surface area contributed by atoms with Crippen LogP contribution in [0.2, 0.25) is 5.02 Å².